The molecule has 1 aliphatic rings. The molecule has 1 aromatic carbocycles. The molecule has 0 aromatic heterocycles. The van der Waals surface area contributed by atoms with Gasteiger partial charge in [-0.25, -0.2) is 4.79 Å². The van der Waals surface area contributed by atoms with Gasteiger partial charge in [0.05, 0.1) is 6.61 Å². The fourth-order valence-corrected chi connectivity index (χ4v) is 2.15. The van der Waals surface area contributed by atoms with Gasteiger partial charge in [0.2, 0.25) is 0 Å². The number of oxime groups is 1. The summed E-state index contributed by atoms with van der Waals surface area (Å²) in [6.07, 6.45) is 7.35. The summed E-state index contributed by atoms with van der Waals surface area (Å²) in [4.78, 5) is 13.8. The molecule has 0 fully saturated rings. The maximum absolute atomic E-state index is 11.9. The summed E-state index contributed by atoms with van der Waals surface area (Å²) in [6, 6.07) is 9.43. The Morgan fingerprint density at radius 2 is 2.10 bits per heavy atom. The molecule has 110 valence electrons. The van der Waals surface area contributed by atoms with Gasteiger partial charge in [-0.2, -0.15) is 0 Å². The molecule has 0 saturated carbocycles. The molecule has 2 rings (SSSR count). The summed E-state index contributed by atoms with van der Waals surface area (Å²) in [6.45, 7) is 2.55. The number of carbonyl (C=O) groups is 1. The Labute approximate surface area is 123 Å². The number of ether oxygens (including phenoxy) is 1. The highest BCUT2D eigenvalue weighted by atomic mass is 16.5. The van der Waals surface area contributed by atoms with Crippen molar-refractivity contribution in [3.8, 4) is 0 Å². The minimum atomic E-state index is -0.608. The standard InChI is InChI=1S/C16H18N2O3/c1-2-21-16(19)15(17-20)14-10-6-7-11-18(14)12-13-8-4-3-5-9-13/h3-11,14,20H,2,12H2,1H3/b17-15-. The van der Waals surface area contributed by atoms with Gasteiger partial charge in [-0.1, -0.05) is 47.6 Å². The molecule has 0 aliphatic carbocycles. The first-order valence-corrected chi connectivity index (χ1v) is 6.80. The number of hydrogen-bond donors (Lipinski definition) is 1. The Kier molecular flexibility index (Phi) is 5.15. The molecular formula is C16H18N2O3. The minimum absolute atomic E-state index is 0.0200. The van der Waals surface area contributed by atoms with Crippen LogP contribution in [0.5, 0.6) is 0 Å². The first-order chi connectivity index (χ1) is 10.3. The van der Waals surface area contributed by atoms with Crippen LogP contribution in [-0.2, 0) is 16.1 Å². The maximum Gasteiger partial charge on any atom is 0.358 e. The predicted molar refractivity (Wildman–Crippen MR) is 79.9 cm³/mol. The fourth-order valence-electron chi connectivity index (χ4n) is 2.15. The van der Waals surface area contributed by atoms with Crippen molar-refractivity contribution in [2.24, 2.45) is 5.16 Å². The average Bonchev–Trinajstić information content (AvgIpc) is 2.51. The number of hydrogen-bond acceptors (Lipinski definition) is 5. The molecule has 0 bridgehead atoms. The van der Waals surface area contributed by atoms with Crippen molar-refractivity contribution in [2.75, 3.05) is 6.61 Å². The molecule has 1 atom stereocenters. The monoisotopic (exact) mass is 286 g/mol. The van der Waals surface area contributed by atoms with Gasteiger partial charge in [-0.05, 0) is 18.6 Å². The maximum atomic E-state index is 11.9. The Hall–Kier alpha value is -2.56. The van der Waals surface area contributed by atoms with E-state index in [0.717, 1.165) is 5.56 Å². The van der Waals surface area contributed by atoms with Crippen molar-refractivity contribution < 1.29 is 14.7 Å². The molecule has 5 nitrogen and oxygen atoms in total. The van der Waals surface area contributed by atoms with Crippen LogP contribution in [0.4, 0.5) is 0 Å². The van der Waals surface area contributed by atoms with Crippen molar-refractivity contribution in [3.05, 3.63) is 60.3 Å². The second-order valence-electron chi connectivity index (χ2n) is 4.53. The average molecular weight is 286 g/mol. The summed E-state index contributed by atoms with van der Waals surface area (Å²) in [5.41, 5.74) is 1.08. The van der Waals surface area contributed by atoms with Crippen LogP contribution in [0.25, 0.3) is 0 Å². The van der Waals surface area contributed by atoms with Gasteiger partial charge in [-0.15, -0.1) is 0 Å². The van der Waals surface area contributed by atoms with Gasteiger partial charge in [0.25, 0.3) is 0 Å². The van der Waals surface area contributed by atoms with E-state index < -0.39 is 12.0 Å². The molecule has 1 heterocycles. The van der Waals surface area contributed by atoms with Gasteiger partial charge >= 0.3 is 5.97 Å². The zero-order valence-corrected chi connectivity index (χ0v) is 11.8. The van der Waals surface area contributed by atoms with Crippen molar-refractivity contribution >= 4 is 11.7 Å². The molecule has 5 heteroatoms. The molecule has 21 heavy (non-hydrogen) atoms. The van der Waals surface area contributed by atoms with Crippen LogP contribution < -0.4 is 0 Å². The van der Waals surface area contributed by atoms with Crippen molar-refractivity contribution in [1.29, 1.82) is 0 Å². The largest absolute Gasteiger partial charge is 0.461 e. The van der Waals surface area contributed by atoms with E-state index in [2.05, 4.69) is 5.16 Å². The summed E-state index contributed by atoms with van der Waals surface area (Å²) in [5.74, 6) is -0.608. The van der Waals surface area contributed by atoms with Gasteiger partial charge in [-0.3, -0.25) is 0 Å². The number of nitrogens with zero attached hydrogens (tertiary/aromatic N) is 2. The Balaban J connectivity index is 2.18. The first-order valence-electron chi connectivity index (χ1n) is 6.80. The summed E-state index contributed by atoms with van der Waals surface area (Å²) in [5, 5.41) is 12.3. The molecule has 0 spiro atoms. The predicted octanol–water partition coefficient (Wildman–Crippen LogP) is 2.33. The number of rotatable bonds is 5. The van der Waals surface area contributed by atoms with Gasteiger partial charge in [0.1, 0.15) is 6.04 Å². The first kappa shape index (κ1) is 14.8. The number of carbonyl (C=O) groups excluding carboxylic acids is 1. The van der Waals surface area contributed by atoms with Gasteiger partial charge in [0.15, 0.2) is 5.71 Å². The van der Waals surface area contributed by atoms with Crippen LogP contribution in [0.2, 0.25) is 0 Å². The van der Waals surface area contributed by atoms with E-state index in [-0.39, 0.29) is 12.3 Å². The SMILES string of the molecule is CCOC(=O)/C(=N\O)C1C=CC=CN1Cc1ccccc1. The number of allylic oxidation sites excluding steroid dienone is 2. The normalized spacial score (nSPS) is 17.9. The lowest BCUT2D eigenvalue weighted by molar-refractivity contribution is -0.135. The van der Waals surface area contributed by atoms with Crippen LogP contribution >= 0.6 is 0 Å². The zero-order valence-electron chi connectivity index (χ0n) is 11.8. The van der Waals surface area contributed by atoms with Gasteiger partial charge in [0, 0.05) is 12.7 Å². The van der Waals surface area contributed by atoms with E-state index >= 15 is 0 Å². The second kappa shape index (κ2) is 7.28. The van der Waals surface area contributed by atoms with Gasteiger partial charge < -0.3 is 14.8 Å². The fraction of sp³-hybridized carbons (Fsp3) is 0.250. The molecular weight excluding hydrogens is 268 g/mol. The molecule has 1 aliphatic heterocycles. The second-order valence-corrected chi connectivity index (χ2v) is 4.53. The Morgan fingerprint density at radius 3 is 2.76 bits per heavy atom. The van der Waals surface area contributed by atoms with E-state index in [1.54, 1.807) is 13.0 Å². The minimum Gasteiger partial charge on any atom is -0.461 e. The smallest absolute Gasteiger partial charge is 0.358 e. The van der Waals surface area contributed by atoms with E-state index in [0.29, 0.717) is 6.54 Å². The summed E-state index contributed by atoms with van der Waals surface area (Å²) in [7, 11) is 0. The number of benzene rings is 1. The van der Waals surface area contributed by atoms with Crippen molar-refractivity contribution in [1.82, 2.24) is 4.90 Å². The summed E-state index contributed by atoms with van der Waals surface area (Å²) >= 11 is 0. The zero-order chi connectivity index (χ0) is 15.1. The highest BCUT2D eigenvalue weighted by molar-refractivity contribution is 6.38. The third-order valence-electron chi connectivity index (χ3n) is 3.12. The van der Waals surface area contributed by atoms with Crippen molar-refractivity contribution in [2.45, 2.75) is 19.5 Å². The number of esters is 1. The molecule has 0 radical (unpaired) electrons. The quantitative estimate of drug-likeness (QED) is 0.390. The lowest BCUT2D eigenvalue weighted by Crippen LogP contribution is -2.41. The molecule has 1 N–H and O–H groups in total. The van der Waals surface area contributed by atoms with Crippen molar-refractivity contribution in [3.63, 3.8) is 0 Å². The van der Waals surface area contributed by atoms with E-state index in [9.17, 15) is 4.79 Å². The topological polar surface area (TPSA) is 62.1 Å². The van der Waals surface area contributed by atoms with E-state index in [1.807, 2.05) is 53.6 Å². The highest BCUT2D eigenvalue weighted by Gasteiger charge is 2.28. The van der Waals surface area contributed by atoms with Crippen LogP contribution in [0.1, 0.15) is 12.5 Å². The lowest BCUT2D eigenvalue weighted by atomic mass is 10.1. The lowest BCUT2D eigenvalue weighted by Gasteiger charge is -2.30. The molecule has 0 saturated heterocycles. The molecule has 1 aromatic rings. The van der Waals surface area contributed by atoms with Crippen LogP contribution in [-0.4, -0.2) is 34.4 Å². The summed E-state index contributed by atoms with van der Waals surface area (Å²) < 4.78 is 4.93. The molecule has 1 unspecified atom stereocenters. The Bertz CT molecular complexity index is 564. The van der Waals surface area contributed by atoms with Crippen LogP contribution in [0.15, 0.2) is 59.9 Å². The third kappa shape index (κ3) is 3.72. The highest BCUT2D eigenvalue weighted by Crippen LogP contribution is 2.15. The third-order valence-corrected chi connectivity index (χ3v) is 3.12. The Morgan fingerprint density at radius 1 is 1.33 bits per heavy atom. The van der Waals surface area contributed by atoms with Crippen LogP contribution in [0.3, 0.4) is 0 Å². The van der Waals surface area contributed by atoms with Crippen LogP contribution in [0, 0.1) is 0 Å². The van der Waals surface area contributed by atoms with E-state index in [1.165, 1.54) is 0 Å². The molecule has 0 amide bonds. The van der Waals surface area contributed by atoms with E-state index in [4.69, 9.17) is 9.94 Å².